The van der Waals surface area contributed by atoms with Crippen molar-refractivity contribution in [3.8, 4) is 5.69 Å². The van der Waals surface area contributed by atoms with E-state index >= 15 is 0 Å². The fourth-order valence-electron chi connectivity index (χ4n) is 3.34. The Morgan fingerprint density at radius 1 is 1.12 bits per heavy atom. The number of tetrazole rings is 1. The molecule has 7 nitrogen and oxygen atoms in total. The highest BCUT2D eigenvalue weighted by molar-refractivity contribution is 7.98. The molecule has 0 fully saturated rings. The lowest BCUT2D eigenvalue weighted by atomic mass is 10.1. The van der Waals surface area contributed by atoms with Gasteiger partial charge in [-0.2, -0.15) is 16.0 Å². The number of nitrogens with zero attached hydrogens (tertiary/aromatic N) is 5. The lowest BCUT2D eigenvalue weighted by molar-refractivity contribution is 0.0939. The molecular formula is C23H24N6OS2. The van der Waals surface area contributed by atoms with E-state index in [-0.39, 0.29) is 11.9 Å². The average molecular weight is 465 g/mol. The molecule has 0 aliphatic rings. The monoisotopic (exact) mass is 464 g/mol. The summed E-state index contributed by atoms with van der Waals surface area (Å²) in [5.41, 5.74) is 2.76. The van der Waals surface area contributed by atoms with E-state index < -0.39 is 0 Å². The number of nitrogens with one attached hydrogen (secondary N) is 1. The molecule has 1 unspecified atom stereocenters. The van der Waals surface area contributed by atoms with Crippen LogP contribution in [0.5, 0.6) is 0 Å². The number of para-hydroxylation sites is 1. The SMILES string of the molecule is CN(C)C(CNC(=O)c1ccccc1SCc1nnnn1-c1ccccc1)c1ccsc1. The Kier molecular flexibility index (Phi) is 7.31. The van der Waals surface area contributed by atoms with Gasteiger partial charge in [-0.15, -0.1) is 16.9 Å². The lowest BCUT2D eigenvalue weighted by Gasteiger charge is -2.24. The summed E-state index contributed by atoms with van der Waals surface area (Å²) in [7, 11) is 4.05. The van der Waals surface area contributed by atoms with Crippen LogP contribution in [0.2, 0.25) is 0 Å². The number of aromatic nitrogens is 4. The van der Waals surface area contributed by atoms with Gasteiger partial charge in [-0.05, 0) is 71.2 Å². The van der Waals surface area contributed by atoms with Crippen molar-refractivity contribution in [2.45, 2.75) is 16.7 Å². The van der Waals surface area contributed by atoms with Crippen LogP contribution < -0.4 is 5.32 Å². The highest BCUT2D eigenvalue weighted by Gasteiger charge is 2.18. The van der Waals surface area contributed by atoms with Gasteiger partial charge in [0.2, 0.25) is 0 Å². The Hall–Kier alpha value is -3.01. The molecule has 0 aliphatic carbocycles. The first kappa shape index (κ1) is 22.2. The van der Waals surface area contributed by atoms with E-state index in [0.29, 0.717) is 17.9 Å². The first-order valence-electron chi connectivity index (χ1n) is 10.1. The van der Waals surface area contributed by atoms with Crippen molar-refractivity contribution in [3.05, 3.63) is 88.4 Å². The molecule has 2 aromatic heterocycles. The first-order chi connectivity index (χ1) is 15.6. The second kappa shape index (κ2) is 10.5. The van der Waals surface area contributed by atoms with Crippen LogP contribution in [0, 0.1) is 0 Å². The fraction of sp³-hybridized carbons (Fsp3) is 0.217. The molecule has 0 aliphatic heterocycles. The molecule has 164 valence electrons. The standard InChI is InChI=1S/C23H24N6OS2/c1-28(2)20(17-12-13-31-15-17)14-24-23(30)19-10-6-7-11-21(19)32-16-22-25-26-27-29(22)18-8-4-3-5-9-18/h3-13,15,20H,14,16H2,1-2H3,(H,24,30). The van der Waals surface area contributed by atoms with E-state index in [0.717, 1.165) is 16.4 Å². The predicted molar refractivity (Wildman–Crippen MR) is 128 cm³/mol. The lowest BCUT2D eigenvalue weighted by Crippen LogP contribution is -2.34. The zero-order chi connectivity index (χ0) is 22.3. The third-order valence-electron chi connectivity index (χ3n) is 5.03. The Labute approximate surface area is 195 Å². The van der Waals surface area contributed by atoms with Crippen LogP contribution in [0.15, 0.2) is 76.3 Å². The average Bonchev–Trinajstić information content (AvgIpc) is 3.51. The number of carbonyl (C=O) groups excluding carboxylic acids is 1. The van der Waals surface area contributed by atoms with Gasteiger partial charge >= 0.3 is 0 Å². The predicted octanol–water partition coefficient (Wildman–Crippen LogP) is 4.05. The molecule has 0 saturated carbocycles. The Morgan fingerprint density at radius 2 is 1.91 bits per heavy atom. The Balaban J connectivity index is 1.44. The number of carbonyl (C=O) groups is 1. The van der Waals surface area contributed by atoms with Crippen molar-refractivity contribution in [1.82, 2.24) is 30.4 Å². The van der Waals surface area contributed by atoms with Gasteiger partial charge < -0.3 is 10.2 Å². The van der Waals surface area contributed by atoms with Gasteiger partial charge in [0.1, 0.15) is 0 Å². The molecule has 4 aromatic rings. The highest BCUT2D eigenvalue weighted by Crippen LogP contribution is 2.27. The van der Waals surface area contributed by atoms with Gasteiger partial charge in [-0.3, -0.25) is 4.79 Å². The number of thiophene rings is 1. The largest absolute Gasteiger partial charge is 0.350 e. The Bertz CT molecular complexity index is 1140. The molecule has 0 radical (unpaired) electrons. The summed E-state index contributed by atoms with van der Waals surface area (Å²) >= 11 is 3.21. The van der Waals surface area contributed by atoms with E-state index in [1.54, 1.807) is 27.8 Å². The van der Waals surface area contributed by atoms with Crippen LogP contribution in [-0.2, 0) is 5.75 Å². The summed E-state index contributed by atoms with van der Waals surface area (Å²) in [5, 5.41) is 19.4. The van der Waals surface area contributed by atoms with Gasteiger partial charge in [0.05, 0.1) is 23.0 Å². The molecule has 1 N–H and O–H groups in total. The van der Waals surface area contributed by atoms with Crippen LogP contribution in [0.4, 0.5) is 0 Å². The summed E-state index contributed by atoms with van der Waals surface area (Å²) in [6.07, 6.45) is 0. The summed E-state index contributed by atoms with van der Waals surface area (Å²) in [4.78, 5) is 16.0. The topological polar surface area (TPSA) is 75.9 Å². The second-order valence-corrected chi connectivity index (χ2v) is 9.17. The normalized spacial score (nSPS) is 12.1. The second-order valence-electron chi connectivity index (χ2n) is 7.37. The van der Waals surface area contributed by atoms with Crippen molar-refractivity contribution in [2.75, 3.05) is 20.6 Å². The number of amides is 1. The van der Waals surface area contributed by atoms with Crippen molar-refractivity contribution in [3.63, 3.8) is 0 Å². The maximum Gasteiger partial charge on any atom is 0.252 e. The van der Waals surface area contributed by atoms with E-state index in [2.05, 4.69) is 42.6 Å². The molecule has 0 saturated heterocycles. The van der Waals surface area contributed by atoms with Gasteiger partial charge in [0.25, 0.3) is 5.91 Å². The Morgan fingerprint density at radius 3 is 2.66 bits per heavy atom. The molecule has 2 heterocycles. The van der Waals surface area contributed by atoms with Crippen molar-refractivity contribution >= 4 is 29.0 Å². The molecule has 1 atom stereocenters. The van der Waals surface area contributed by atoms with Gasteiger partial charge in [0, 0.05) is 11.4 Å². The van der Waals surface area contributed by atoms with Crippen LogP contribution in [0.25, 0.3) is 5.69 Å². The minimum Gasteiger partial charge on any atom is -0.350 e. The van der Waals surface area contributed by atoms with Crippen LogP contribution in [-0.4, -0.2) is 51.7 Å². The van der Waals surface area contributed by atoms with Crippen LogP contribution in [0.1, 0.15) is 27.8 Å². The zero-order valence-electron chi connectivity index (χ0n) is 17.9. The van der Waals surface area contributed by atoms with Crippen molar-refractivity contribution < 1.29 is 4.79 Å². The van der Waals surface area contributed by atoms with Crippen molar-refractivity contribution in [1.29, 1.82) is 0 Å². The van der Waals surface area contributed by atoms with Crippen molar-refractivity contribution in [2.24, 2.45) is 0 Å². The zero-order valence-corrected chi connectivity index (χ0v) is 19.5. The summed E-state index contributed by atoms with van der Waals surface area (Å²) in [6.45, 7) is 0.536. The number of hydrogen-bond acceptors (Lipinski definition) is 7. The number of thioether (sulfide) groups is 1. The van der Waals surface area contributed by atoms with E-state index in [4.69, 9.17) is 0 Å². The van der Waals surface area contributed by atoms with E-state index in [1.807, 2.05) is 68.7 Å². The van der Waals surface area contributed by atoms with Crippen LogP contribution in [0.3, 0.4) is 0 Å². The fourth-order valence-corrected chi connectivity index (χ4v) is 5.00. The molecule has 9 heteroatoms. The smallest absolute Gasteiger partial charge is 0.252 e. The summed E-state index contributed by atoms with van der Waals surface area (Å²) < 4.78 is 1.72. The third-order valence-corrected chi connectivity index (χ3v) is 6.80. The minimum absolute atomic E-state index is 0.0853. The van der Waals surface area contributed by atoms with Gasteiger partial charge in [-0.1, -0.05) is 30.3 Å². The molecule has 2 aromatic carbocycles. The summed E-state index contributed by atoms with van der Waals surface area (Å²) in [6, 6.07) is 19.6. The van der Waals surface area contributed by atoms with Gasteiger partial charge in [0.15, 0.2) is 5.82 Å². The van der Waals surface area contributed by atoms with E-state index in [9.17, 15) is 4.79 Å². The maximum absolute atomic E-state index is 13.0. The first-order valence-corrected chi connectivity index (χ1v) is 12.1. The molecule has 0 spiro atoms. The third kappa shape index (κ3) is 5.24. The van der Waals surface area contributed by atoms with Gasteiger partial charge in [-0.25, -0.2) is 0 Å². The molecule has 4 rings (SSSR count). The molecular weight excluding hydrogens is 440 g/mol. The molecule has 0 bridgehead atoms. The number of likely N-dealkylation sites (N-methyl/N-ethyl adjacent to an activating group) is 1. The number of rotatable bonds is 9. The quantitative estimate of drug-likeness (QED) is 0.377. The maximum atomic E-state index is 13.0. The molecule has 32 heavy (non-hydrogen) atoms. The number of hydrogen-bond donors (Lipinski definition) is 1. The van der Waals surface area contributed by atoms with Crippen LogP contribution >= 0.6 is 23.1 Å². The minimum atomic E-state index is -0.0853. The molecule has 1 amide bonds. The number of benzene rings is 2. The highest BCUT2D eigenvalue weighted by atomic mass is 32.2. The van der Waals surface area contributed by atoms with E-state index in [1.165, 1.54) is 5.56 Å². The summed E-state index contributed by atoms with van der Waals surface area (Å²) in [5.74, 6) is 1.18.